The third-order valence-corrected chi connectivity index (χ3v) is 5.64. The van der Waals surface area contributed by atoms with Crippen molar-refractivity contribution in [1.29, 1.82) is 0 Å². The van der Waals surface area contributed by atoms with Crippen molar-refractivity contribution in [3.05, 3.63) is 60.2 Å². The molecule has 2 rings (SSSR count). The maximum atomic E-state index is 12.5. The number of esters is 1. The number of amides is 2. The van der Waals surface area contributed by atoms with Crippen LogP contribution in [0.1, 0.15) is 26.3 Å². The van der Waals surface area contributed by atoms with Gasteiger partial charge in [0.15, 0.2) is 0 Å². The highest BCUT2D eigenvalue weighted by Gasteiger charge is 2.22. The molecule has 0 spiro atoms. The number of carbonyl (C=O) groups excluding carboxylic acids is 3. The Morgan fingerprint density at radius 2 is 1.53 bits per heavy atom. The summed E-state index contributed by atoms with van der Waals surface area (Å²) >= 11 is 0. The van der Waals surface area contributed by atoms with Gasteiger partial charge in [-0.1, -0.05) is 12.1 Å². The molecule has 2 aromatic rings. The highest BCUT2D eigenvalue weighted by molar-refractivity contribution is 7.89. The molecule has 0 saturated carbocycles. The number of hydrogen-bond acceptors (Lipinski definition) is 6. The van der Waals surface area contributed by atoms with Crippen LogP contribution in [0.15, 0.2) is 59.5 Å². The molecule has 0 aromatic heterocycles. The van der Waals surface area contributed by atoms with Crippen LogP contribution in [0.4, 0.5) is 11.4 Å². The van der Waals surface area contributed by atoms with Gasteiger partial charge in [0.1, 0.15) is 0 Å². The molecule has 0 bridgehead atoms. The summed E-state index contributed by atoms with van der Waals surface area (Å²) in [6.45, 7) is 4.78. The highest BCUT2D eigenvalue weighted by atomic mass is 32.2. The maximum Gasteiger partial charge on any atom is 0.330 e. The topological polar surface area (TPSA) is 131 Å². The van der Waals surface area contributed by atoms with Crippen molar-refractivity contribution in [2.75, 3.05) is 17.2 Å². The second-order valence-electron chi connectivity index (χ2n) is 6.75. The van der Waals surface area contributed by atoms with E-state index < -0.39 is 27.9 Å². The predicted octanol–water partition coefficient (Wildman–Crippen LogP) is 2.53. The summed E-state index contributed by atoms with van der Waals surface area (Å²) in [4.78, 5) is 34.8. The molecule has 1 atom stereocenters. The summed E-state index contributed by atoms with van der Waals surface area (Å²) in [6.07, 6.45) is 2.88. The van der Waals surface area contributed by atoms with Crippen molar-refractivity contribution in [1.82, 2.24) is 4.72 Å². The summed E-state index contributed by atoms with van der Waals surface area (Å²) in [5.41, 5.74) is 1.66. The van der Waals surface area contributed by atoms with Crippen molar-refractivity contribution >= 4 is 45.3 Å². The standard InChI is InChI=1S/C22H25N3O6S/c1-4-31-21(27)14-7-17-5-8-19(9-6-17)24-22(28)15(2)25-32(29,30)20-12-10-18(11-13-20)23-16(3)26/h5-15,25H,4H2,1-3H3,(H,23,26)(H,24,28)/b14-7+/t15-/m0/s1. The molecule has 32 heavy (non-hydrogen) atoms. The second kappa shape index (κ2) is 11.2. The monoisotopic (exact) mass is 459 g/mol. The number of rotatable bonds is 9. The van der Waals surface area contributed by atoms with Gasteiger partial charge >= 0.3 is 5.97 Å². The number of hydrogen-bond donors (Lipinski definition) is 3. The van der Waals surface area contributed by atoms with E-state index in [4.69, 9.17) is 4.74 Å². The molecule has 0 aliphatic rings. The summed E-state index contributed by atoms with van der Waals surface area (Å²) in [7, 11) is -3.95. The largest absolute Gasteiger partial charge is 0.463 e. The Bertz CT molecular complexity index is 1090. The van der Waals surface area contributed by atoms with Gasteiger partial charge in [-0.3, -0.25) is 9.59 Å². The number of nitrogens with one attached hydrogen (secondary N) is 3. The first kappa shape index (κ1) is 24.8. The Balaban J connectivity index is 1.97. The number of ether oxygens (including phenoxy) is 1. The molecule has 3 N–H and O–H groups in total. The molecule has 0 unspecified atom stereocenters. The van der Waals surface area contributed by atoms with Gasteiger partial charge < -0.3 is 15.4 Å². The zero-order valence-corrected chi connectivity index (χ0v) is 18.7. The summed E-state index contributed by atoms with van der Waals surface area (Å²) < 4.78 is 32.2. The minimum Gasteiger partial charge on any atom is -0.463 e. The molecule has 170 valence electrons. The fourth-order valence-corrected chi connectivity index (χ4v) is 3.76. The molecule has 0 fully saturated rings. The molecular weight excluding hydrogens is 434 g/mol. The Kier molecular flexibility index (Phi) is 8.68. The van der Waals surface area contributed by atoms with Crippen molar-refractivity contribution in [3.63, 3.8) is 0 Å². The van der Waals surface area contributed by atoms with E-state index in [1.807, 2.05) is 0 Å². The Labute approximate surface area is 186 Å². The van der Waals surface area contributed by atoms with Crippen LogP contribution >= 0.6 is 0 Å². The van der Waals surface area contributed by atoms with Crippen LogP contribution in [0.2, 0.25) is 0 Å². The average molecular weight is 460 g/mol. The van der Waals surface area contributed by atoms with Gasteiger partial charge in [-0.2, -0.15) is 4.72 Å². The highest BCUT2D eigenvalue weighted by Crippen LogP contribution is 2.15. The van der Waals surface area contributed by atoms with E-state index in [0.717, 1.165) is 5.56 Å². The van der Waals surface area contributed by atoms with Crippen LogP contribution in [0.3, 0.4) is 0 Å². The summed E-state index contributed by atoms with van der Waals surface area (Å²) in [6, 6.07) is 11.2. The van der Waals surface area contributed by atoms with E-state index in [0.29, 0.717) is 18.0 Å². The lowest BCUT2D eigenvalue weighted by Crippen LogP contribution is -2.41. The van der Waals surface area contributed by atoms with Crippen LogP contribution in [0.25, 0.3) is 6.08 Å². The quantitative estimate of drug-likeness (QED) is 0.390. The summed E-state index contributed by atoms with van der Waals surface area (Å²) in [5.74, 6) is -1.26. The molecular formula is C22H25N3O6S. The van der Waals surface area contributed by atoms with Crippen molar-refractivity contribution in [2.45, 2.75) is 31.7 Å². The Morgan fingerprint density at radius 3 is 2.09 bits per heavy atom. The van der Waals surface area contributed by atoms with E-state index in [9.17, 15) is 22.8 Å². The zero-order chi connectivity index (χ0) is 23.7. The average Bonchev–Trinajstić information content (AvgIpc) is 2.73. The van der Waals surface area contributed by atoms with Gasteiger partial charge in [0.25, 0.3) is 0 Å². The van der Waals surface area contributed by atoms with Crippen LogP contribution in [0, 0.1) is 0 Å². The molecule has 0 aliphatic heterocycles. The Hall–Kier alpha value is -3.50. The Morgan fingerprint density at radius 1 is 0.969 bits per heavy atom. The first-order valence-corrected chi connectivity index (χ1v) is 11.2. The van der Waals surface area contributed by atoms with Crippen molar-refractivity contribution < 1.29 is 27.5 Å². The molecule has 0 radical (unpaired) electrons. The third kappa shape index (κ3) is 7.64. The molecule has 0 aliphatic carbocycles. The number of anilines is 2. The van der Waals surface area contributed by atoms with E-state index in [-0.39, 0.29) is 10.8 Å². The van der Waals surface area contributed by atoms with Gasteiger partial charge in [-0.05, 0) is 61.9 Å². The van der Waals surface area contributed by atoms with E-state index in [1.54, 1.807) is 37.3 Å². The van der Waals surface area contributed by atoms with Gasteiger partial charge in [-0.25, -0.2) is 13.2 Å². The molecule has 0 heterocycles. The number of carbonyl (C=O) groups is 3. The van der Waals surface area contributed by atoms with Crippen LogP contribution in [-0.4, -0.2) is 38.9 Å². The van der Waals surface area contributed by atoms with Gasteiger partial charge in [0, 0.05) is 24.4 Å². The fraction of sp³-hybridized carbons (Fsp3) is 0.227. The van der Waals surface area contributed by atoms with Crippen molar-refractivity contribution in [2.24, 2.45) is 0 Å². The maximum absolute atomic E-state index is 12.5. The van der Waals surface area contributed by atoms with Gasteiger partial charge in [0.05, 0.1) is 17.5 Å². The molecule has 10 heteroatoms. The fourth-order valence-electron chi connectivity index (χ4n) is 2.56. The first-order chi connectivity index (χ1) is 15.1. The predicted molar refractivity (Wildman–Crippen MR) is 121 cm³/mol. The molecule has 2 amide bonds. The minimum atomic E-state index is -3.95. The van der Waals surface area contributed by atoms with Crippen LogP contribution in [-0.2, 0) is 29.1 Å². The van der Waals surface area contributed by atoms with E-state index >= 15 is 0 Å². The SMILES string of the molecule is CCOC(=O)/C=C/c1ccc(NC(=O)[C@H](C)NS(=O)(=O)c2ccc(NC(C)=O)cc2)cc1. The van der Waals surface area contributed by atoms with Gasteiger partial charge in [-0.15, -0.1) is 0 Å². The van der Waals surface area contributed by atoms with E-state index in [1.165, 1.54) is 44.2 Å². The third-order valence-electron chi connectivity index (χ3n) is 4.09. The molecule has 0 saturated heterocycles. The second-order valence-corrected chi connectivity index (χ2v) is 8.46. The van der Waals surface area contributed by atoms with Crippen LogP contribution in [0.5, 0.6) is 0 Å². The lowest BCUT2D eigenvalue weighted by molar-refractivity contribution is -0.137. The van der Waals surface area contributed by atoms with Crippen LogP contribution < -0.4 is 15.4 Å². The van der Waals surface area contributed by atoms with E-state index in [2.05, 4.69) is 15.4 Å². The zero-order valence-electron chi connectivity index (χ0n) is 17.9. The first-order valence-electron chi connectivity index (χ1n) is 9.76. The molecule has 9 nitrogen and oxygen atoms in total. The lowest BCUT2D eigenvalue weighted by Gasteiger charge is -2.15. The normalized spacial score (nSPS) is 12.2. The number of benzene rings is 2. The minimum absolute atomic E-state index is 0.0380. The smallest absolute Gasteiger partial charge is 0.330 e. The molecule has 2 aromatic carbocycles. The summed E-state index contributed by atoms with van der Waals surface area (Å²) in [5, 5.41) is 5.18. The van der Waals surface area contributed by atoms with Crippen molar-refractivity contribution in [3.8, 4) is 0 Å². The van der Waals surface area contributed by atoms with Gasteiger partial charge in [0.2, 0.25) is 21.8 Å². The number of sulfonamides is 1. The lowest BCUT2D eigenvalue weighted by atomic mass is 10.2.